The topological polar surface area (TPSA) is 37.3 Å². The van der Waals surface area contributed by atoms with E-state index in [2.05, 4.69) is 19.1 Å². The van der Waals surface area contributed by atoms with Crippen LogP contribution in [0.5, 0.6) is 0 Å². The van der Waals surface area contributed by atoms with Crippen molar-refractivity contribution in [3.05, 3.63) is 36.0 Å². The van der Waals surface area contributed by atoms with E-state index in [-0.39, 0.29) is 0 Å². The molecular formula is C15H24O2. The van der Waals surface area contributed by atoms with Gasteiger partial charge in [-0.05, 0) is 25.7 Å². The summed E-state index contributed by atoms with van der Waals surface area (Å²) in [5.41, 5.74) is 0.452. The molecule has 0 aromatic heterocycles. The second-order valence-electron chi connectivity index (χ2n) is 3.98. The van der Waals surface area contributed by atoms with Crippen LogP contribution in [0.15, 0.2) is 36.0 Å². The first-order valence-electron chi connectivity index (χ1n) is 6.46. The number of allylic oxidation sites excluding steroid dienone is 5. The average molecular weight is 236 g/mol. The number of unbranched alkanes of at least 4 members (excludes halogenated alkanes) is 3. The van der Waals surface area contributed by atoms with Crippen LogP contribution in [0, 0.1) is 0 Å². The average Bonchev–Trinajstić information content (AvgIpc) is 2.31. The summed E-state index contributed by atoms with van der Waals surface area (Å²) in [6.07, 6.45) is 16.2. The molecule has 96 valence electrons. The van der Waals surface area contributed by atoms with Gasteiger partial charge in [0, 0.05) is 5.57 Å². The number of hydrogen-bond acceptors (Lipinski definition) is 1. The molecule has 0 heterocycles. The van der Waals surface area contributed by atoms with Gasteiger partial charge >= 0.3 is 5.97 Å². The highest BCUT2D eigenvalue weighted by Crippen LogP contribution is 2.02. The monoisotopic (exact) mass is 236 g/mol. The predicted molar refractivity (Wildman–Crippen MR) is 73.0 cm³/mol. The van der Waals surface area contributed by atoms with Crippen molar-refractivity contribution in [1.82, 2.24) is 0 Å². The Morgan fingerprint density at radius 3 is 2.47 bits per heavy atom. The summed E-state index contributed by atoms with van der Waals surface area (Å²) in [4.78, 5) is 10.7. The number of carbonyl (C=O) groups is 1. The van der Waals surface area contributed by atoms with Gasteiger partial charge in [0.05, 0.1) is 0 Å². The molecule has 0 saturated carbocycles. The molecule has 0 fully saturated rings. The Morgan fingerprint density at radius 1 is 1.12 bits per heavy atom. The molecule has 1 N–H and O–H groups in total. The van der Waals surface area contributed by atoms with Gasteiger partial charge in [-0.2, -0.15) is 0 Å². The highest BCUT2D eigenvalue weighted by Gasteiger charge is 2.00. The molecule has 2 nitrogen and oxygen atoms in total. The predicted octanol–water partition coefficient (Wildman–Crippen LogP) is 4.49. The minimum Gasteiger partial charge on any atom is -0.478 e. The third-order valence-electron chi connectivity index (χ3n) is 2.50. The lowest BCUT2D eigenvalue weighted by molar-refractivity contribution is -0.132. The van der Waals surface area contributed by atoms with Crippen molar-refractivity contribution in [2.24, 2.45) is 0 Å². The highest BCUT2D eigenvalue weighted by molar-refractivity contribution is 5.86. The Hall–Kier alpha value is -1.31. The zero-order chi connectivity index (χ0) is 12.9. The van der Waals surface area contributed by atoms with Crippen molar-refractivity contribution in [3.63, 3.8) is 0 Å². The molecule has 0 amide bonds. The van der Waals surface area contributed by atoms with Crippen LogP contribution in [0.1, 0.15) is 52.4 Å². The van der Waals surface area contributed by atoms with Crippen molar-refractivity contribution in [2.75, 3.05) is 0 Å². The summed E-state index contributed by atoms with van der Waals surface area (Å²) >= 11 is 0. The molecule has 0 aromatic carbocycles. The Labute approximate surface area is 105 Å². The van der Waals surface area contributed by atoms with Crippen molar-refractivity contribution < 1.29 is 9.90 Å². The van der Waals surface area contributed by atoms with Crippen LogP contribution >= 0.6 is 0 Å². The van der Waals surface area contributed by atoms with Crippen molar-refractivity contribution in [1.29, 1.82) is 0 Å². The Morgan fingerprint density at radius 2 is 1.88 bits per heavy atom. The van der Waals surface area contributed by atoms with E-state index in [9.17, 15) is 4.79 Å². The molecule has 0 aliphatic rings. The lowest BCUT2D eigenvalue weighted by atomic mass is 10.2. The second-order valence-corrected chi connectivity index (χ2v) is 3.98. The van der Waals surface area contributed by atoms with Gasteiger partial charge in [-0.3, -0.25) is 0 Å². The van der Waals surface area contributed by atoms with Gasteiger partial charge in [0.1, 0.15) is 0 Å². The molecule has 17 heavy (non-hydrogen) atoms. The Bertz CT molecular complexity index is 285. The van der Waals surface area contributed by atoms with Crippen molar-refractivity contribution in [2.45, 2.75) is 52.4 Å². The molecule has 0 unspecified atom stereocenters. The summed E-state index contributed by atoms with van der Waals surface area (Å²) in [5, 5.41) is 8.78. The highest BCUT2D eigenvalue weighted by atomic mass is 16.4. The van der Waals surface area contributed by atoms with E-state index in [1.54, 1.807) is 6.08 Å². The number of carboxylic acid groups (broad SMARTS) is 1. The minimum absolute atomic E-state index is 0.452. The van der Waals surface area contributed by atoms with Crippen LogP contribution in [0.3, 0.4) is 0 Å². The fourth-order valence-corrected chi connectivity index (χ4v) is 1.41. The lowest BCUT2D eigenvalue weighted by Crippen LogP contribution is -1.97. The maximum Gasteiger partial charge on any atom is 0.331 e. The van der Waals surface area contributed by atoms with Crippen LogP contribution in [0.25, 0.3) is 0 Å². The maximum absolute atomic E-state index is 10.7. The van der Waals surface area contributed by atoms with E-state index < -0.39 is 5.97 Å². The van der Waals surface area contributed by atoms with E-state index in [4.69, 9.17) is 5.11 Å². The van der Waals surface area contributed by atoms with Crippen molar-refractivity contribution in [3.8, 4) is 0 Å². The van der Waals surface area contributed by atoms with Gasteiger partial charge < -0.3 is 5.11 Å². The second kappa shape index (κ2) is 11.2. The maximum atomic E-state index is 10.7. The van der Waals surface area contributed by atoms with Gasteiger partial charge in [-0.1, -0.05) is 57.1 Å². The van der Waals surface area contributed by atoms with Crippen LogP contribution < -0.4 is 0 Å². The first-order chi connectivity index (χ1) is 8.22. The van der Waals surface area contributed by atoms with E-state index in [1.165, 1.54) is 19.3 Å². The summed E-state index contributed by atoms with van der Waals surface area (Å²) < 4.78 is 0. The largest absolute Gasteiger partial charge is 0.478 e. The zero-order valence-electron chi connectivity index (χ0n) is 11.0. The smallest absolute Gasteiger partial charge is 0.331 e. The van der Waals surface area contributed by atoms with Crippen LogP contribution in [0.2, 0.25) is 0 Å². The van der Waals surface area contributed by atoms with Crippen LogP contribution in [0.4, 0.5) is 0 Å². The normalized spacial score (nSPS) is 12.7. The van der Waals surface area contributed by atoms with Gasteiger partial charge in [-0.25, -0.2) is 4.79 Å². The number of carboxylic acids is 1. The molecule has 0 aromatic rings. The van der Waals surface area contributed by atoms with Gasteiger partial charge in [0.15, 0.2) is 0 Å². The van der Waals surface area contributed by atoms with E-state index in [0.717, 1.165) is 12.8 Å². The summed E-state index contributed by atoms with van der Waals surface area (Å²) in [7, 11) is 0. The van der Waals surface area contributed by atoms with E-state index in [1.807, 2.05) is 19.1 Å². The van der Waals surface area contributed by atoms with Crippen LogP contribution in [-0.2, 0) is 4.79 Å². The lowest BCUT2D eigenvalue weighted by Gasteiger charge is -1.93. The fraction of sp³-hybridized carbons (Fsp3) is 0.533. The standard InChI is InChI=1S/C15H24O2/c1-3-5-6-7-8-9-10-11-12-13-14(4-2)15(16)17/h8-9,11-13H,3-7,10H2,1-2H3,(H,16,17)/b9-8?,12-11?,14-13+. The molecule has 0 atom stereocenters. The molecule has 0 aliphatic heterocycles. The molecular weight excluding hydrogens is 212 g/mol. The number of hydrogen-bond donors (Lipinski definition) is 1. The van der Waals surface area contributed by atoms with Gasteiger partial charge in [-0.15, -0.1) is 0 Å². The summed E-state index contributed by atoms with van der Waals surface area (Å²) in [6, 6.07) is 0. The molecule has 0 aliphatic carbocycles. The zero-order valence-corrected chi connectivity index (χ0v) is 11.0. The molecule has 2 heteroatoms. The SMILES string of the molecule is CCCCCC=CCC=C/C=C(\CC)C(=O)O. The first kappa shape index (κ1) is 15.7. The third-order valence-corrected chi connectivity index (χ3v) is 2.50. The van der Waals surface area contributed by atoms with E-state index >= 15 is 0 Å². The number of rotatable bonds is 9. The molecule has 0 spiro atoms. The quantitative estimate of drug-likeness (QED) is 0.277. The molecule has 0 rings (SSSR count). The molecule has 0 bridgehead atoms. The Kier molecular flexibility index (Phi) is 10.3. The number of aliphatic carboxylic acids is 1. The summed E-state index contributed by atoms with van der Waals surface area (Å²) in [5.74, 6) is -0.827. The minimum atomic E-state index is -0.827. The first-order valence-corrected chi connectivity index (χ1v) is 6.46. The molecule has 0 saturated heterocycles. The van der Waals surface area contributed by atoms with E-state index in [0.29, 0.717) is 12.0 Å². The van der Waals surface area contributed by atoms with Gasteiger partial charge in [0.2, 0.25) is 0 Å². The summed E-state index contributed by atoms with van der Waals surface area (Å²) in [6.45, 7) is 4.05. The van der Waals surface area contributed by atoms with Crippen molar-refractivity contribution >= 4 is 5.97 Å². The van der Waals surface area contributed by atoms with Crippen LogP contribution in [-0.4, -0.2) is 11.1 Å². The third kappa shape index (κ3) is 9.61. The van der Waals surface area contributed by atoms with Gasteiger partial charge in [0.25, 0.3) is 0 Å². The Balaban J connectivity index is 3.76. The molecule has 0 radical (unpaired) electrons. The fourth-order valence-electron chi connectivity index (χ4n) is 1.41.